The molecule has 0 fully saturated rings. The molecule has 3 aromatic rings. The lowest BCUT2D eigenvalue weighted by Crippen LogP contribution is -1.96. The lowest BCUT2D eigenvalue weighted by Gasteiger charge is -2.11. The summed E-state index contributed by atoms with van der Waals surface area (Å²) in [4.78, 5) is 0. The largest absolute Gasteiger partial charge is 0.488 e. The maximum atomic E-state index is 5.97. The first-order valence-electron chi connectivity index (χ1n) is 7.20. The van der Waals surface area contributed by atoms with Crippen LogP contribution in [0.2, 0.25) is 10.0 Å². The van der Waals surface area contributed by atoms with Gasteiger partial charge in [0.25, 0.3) is 0 Å². The monoisotopic (exact) mass is 422 g/mol. The molecule has 5 heteroatoms. The molecule has 0 saturated heterocycles. The van der Waals surface area contributed by atoms with E-state index in [1.165, 1.54) is 0 Å². The third kappa shape index (κ3) is 4.67. The summed E-state index contributed by atoms with van der Waals surface area (Å²) < 4.78 is 12.5. The van der Waals surface area contributed by atoms with Gasteiger partial charge >= 0.3 is 0 Å². The van der Waals surface area contributed by atoms with E-state index in [1.54, 1.807) is 12.1 Å². The molecule has 2 nitrogen and oxygen atoms in total. The highest BCUT2D eigenvalue weighted by Gasteiger charge is 2.06. The molecule has 3 aromatic carbocycles. The van der Waals surface area contributed by atoms with Crippen LogP contribution in [-0.2, 0) is 6.61 Å². The van der Waals surface area contributed by atoms with Crippen molar-refractivity contribution in [2.45, 2.75) is 6.61 Å². The second-order valence-electron chi connectivity index (χ2n) is 5.07. The molecule has 0 aliphatic rings. The standard InChI is InChI=1S/C19H13BrCl2O2/c20-18-9-8-17(24-16-3-1-2-15(22)10-16)11-19(18)23-12-13-4-6-14(21)7-5-13/h1-11H,12H2. The van der Waals surface area contributed by atoms with Gasteiger partial charge in [-0.3, -0.25) is 0 Å². The lowest BCUT2D eigenvalue weighted by molar-refractivity contribution is 0.302. The fraction of sp³-hybridized carbons (Fsp3) is 0.0526. The molecule has 0 atom stereocenters. The molecule has 3 rings (SSSR count). The Bertz CT molecular complexity index is 835. The first-order chi connectivity index (χ1) is 11.6. The van der Waals surface area contributed by atoms with E-state index in [2.05, 4.69) is 15.9 Å². The van der Waals surface area contributed by atoms with Gasteiger partial charge in [-0.05, 0) is 64.0 Å². The van der Waals surface area contributed by atoms with Gasteiger partial charge < -0.3 is 9.47 Å². The van der Waals surface area contributed by atoms with Gasteiger partial charge in [0.15, 0.2) is 0 Å². The van der Waals surface area contributed by atoms with Gasteiger partial charge in [-0.15, -0.1) is 0 Å². The molecule has 122 valence electrons. The van der Waals surface area contributed by atoms with Crippen LogP contribution in [-0.4, -0.2) is 0 Å². The highest BCUT2D eigenvalue weighted by Crippen LogP contribution is 2.33. The second kappa shape index (κ2) is 7.93. The van der Waals surface area contributed by atoms with E-state index in [1.807, 2.05) is 54.6 Å². The first kappa shape index (κ1) is 17.2. The summed E-state index contributed by atoms with van der Waals surface area (Å²) >= 11 is 15.4. The van der Waals surface area contributed by atoms with Crippen molar-refractivity contribution < 1.29 is 9.47 Å². The maximum Gasteiger partial charge on any atom is 0.137 e. The van der Waals surface area contributed by atoms with E-state index in [9.17, 15) is 0 Å². The molecule has 0 spiro atoms. The highest BCUT2D eigenvalue weighted by molar-refractivity contribution is 9.10. The summed E-state index contributed by atoms with van der Waals surface area (Å²) in [6, 6.07) is 20.4. The zero-order chi connectivity index (χ0) is 16.9. The van der Waals surface area contributed by atoms with Crippen LogP contribution in [0.5, 0.6) is 17.2 Å². The van der Waals surface area contributed by atoms with Crippen LogP contribution < -0.4 is 9.47 Å². The van der Waals surface area contributed by atoms with Crippen molar-refractivity contribution in [2.75, 3.05) is 0 Å². The smallest absolute Gasteiger partial charge is 0.137 e. The van der Waals surface area contributed by atoms with Crippen LogP contribution in [0, 0.1) is 0 Å². The van der Waals surface area contributed by atoms with Gasteiger partial charge in [0.05, 0.1) is 4.47 Å². The predicted molar refractivity (Wildman–Crippen MR) is 101 cm³/mol. The van der Waals surface area contributed by atoms with Gasteiger partial charge in [-0.2, -0.15) is 0 Å². The number of rotatable bonds is 5. The van der Waals surface area contributed by atoms with Crippen molar-refractivity contribution in [1.82, 2.24) is 0 Å². The number of ether oxygens (including phenoxy) is 2. The average Bonchev–Trinajstić information content (AvgIpc) is 2.57. The maximum absolute atomic E-state index is 5.97. The Morgan fingerprint density at radius 1 is 0.792 bits per heavy atom. The summed E-state index contributed by atoms with van der Waals surface area (Å²) in [5.74, 6) is 2.05. The molecule has 0 unspecified atom stereocenters. The van der Waals surface area contributed by atoms with Gasteiger partial charge in [-0.25, -0.2) is 0 Å². The second-order valence-corrected chi connectivity index (χ2v) is 6.79. The highest BCUT2D eigenvalue weighted by atomic mass is 79.9. The summed E-state index contributed by atoms with van der Waals surface area (Å²) in [7, 11) is 0. The number of benzene rings is 3. The van der Waals surface area contributed by atoms with Crippen LogP contribution in [0.4, 0.5) is 0 Å². The Kier molecular flexibility index (Phi) is 5.67. The topological polar surface area (TPSA) is 18.5 Å². The van der Waals surface area contributed by atoms with E-state index in [4.69, 9.17) is 32.7 Å². The van der Waals surface area contributed by atoms with E-state index in [-0.39, 0.29) is 0 Å². The van der Waals surface area contributed by atoms with Crippen molar-refractivity contribution in [3.63, 3.8) is 0 Å². The van der Waals surface area contributed by atoms with Crippen molar-refractivity contribution >= 4 is 39.1 Å². The number of halogens is 3. The Hall–Kier alpha value is -1.68. The van der Waals surface area contributed by atoms with Crippen LogP contribution in [0.1, 0.15) is 5.56 Å². The molecule has 0 heterocycles. The Labute approximate surface area is 159 Å². The van der Waals surface area contributed by atoms with Crippen molar-refractivity contribution in [2.24, 2.45) is 0 Å². The molecule has 0 N–H and O–H groups in total. The van der Waals surface area contributed by atoms with Crippen LogP contribution in [0.3, 0.4) is 0 Å². The zero-order valence-corrected chi connectivity index (χ0v) is 15.6. The molecule has 0 saturated carbocycles. The average molecular weight is 424 g/mol. The van der Waals surface area contributed by atoms with Crippen molar-refractivity contribution in [3.05, 3.63) is 86.8 Å². The van der Waals surface area contributed by atoms with Gasteiger partial charge in [-0.1, -0.05) is 41.4 Å². The minimum Gasteiger partial charge on any atom is -0.488 e. The number of hydrogen-bond acceptors (Lipinski definition) is 2. The van der Waals surface area contributed by atoms with Gasteiger partial charge in [0.1, 0.15) is 23.9 Å². The molecule has 0 aliphatic heterocycles. The summed E-state index contributed by atoms with van der Waals surface area (Å²) in [6.45, 7) is 0.441. The van der Waals surface area contributed by atoms with Gasteiger partial charge in [0.2, 0.25) is 0 Å². The molecule has 0 aliphatic carbocycles. The fourth-order valence-corrected chi connectivity index (χ4v) is 2.73. The number of hydrogen-bond donors (Lipinski definition) is 0. The van der Waals surface area contributed by atoms with E-state index >= 15 is 0 Å². The molecule has 0 aromatic heterocycles. The van der Waals surface area contributed by atoms with E-state index in [0.717, 1.165) is 10.0 Å². The Balaban J connectivity index is 1.72. The van der Waals surface area contributed by atoms with E-state index < -0.39 is 0 Å². The van der Waals surface area contributed by atoms with Crippen LogP contribution >= 0.6 is 39.1 Å². The fourth-order valence-electron chi connectivity index (χ4n) is 2.07. The lowest BCUT2D eigenvalue weighted by atomic mass is 10.2. The summed E-state index contributed by atoms with van der Waals surface area (Å²) in [5.41, 5.74) is 1.03. The summed E-state index contributed by atoms with van der Waals surface area (Å²) in [5, 5.41) is 1.33. The van der Waals surface area contributed by atoms with Crippen LogP contribution in [0.25, 0.3) is 0 Å². The van der Waals surface area contributed by atoms with Crippen molar-refractivity contribution in [3.8, 4) is 17.2 Å². The summed E-state index contributed by atoms with van der Waals surface area (Å²) in [6.07, 6.45) is 0. The molecule has 0 amide bonds. The van der Waals surface area contributed by atoms with Gasteiger partial charge in [0, 0.05) is 16.1 Å². The van der Waals surface area contributed by atoms with E-state index in [0.29, 0.717) is 33.9 Å². The zero-order valence-electron chi connectivity index (χ0n) is 12.5. The minimum atomic E-state index is 0.441. The third-order valence-electron chi connectivity index (χ3n) is 3.24. The first-order valence-corrected chi connectivity index (χ1v) is 8.75. The quantitative estimate of drug-likeness (QED) is 0.434. The third-order valence-corrected chi connectivity index (χ3v) is 4.38. The molecular formula is C19H13BrCl2O2. The molecule has 0 radical (unpaired) electrons. The Morgan fingerprint density at radius 3 is 2.29 bits per heavy atom. The minimum absolute atomic E-state index is 0.441. The normalized spacial score (nSPS) is 10.5. The molecule has 24 heavy (non-hydrogen) atoms. The molecular weight excluding hydrogens is 411 g/mol. The van der Waals surface area contributed by atoms with Crippen molar-refractivity contribution in [1.29, 1.82) is 0 Å². The molecule has 0 bridgehead atoms. The van der Waals surface area contributed by atoms with Crippen LogP contribution in [0.15, 0.2) is 71.2 Å². The SMILES string of the molecule is Clc1ccc(COc2cc(Oc3cccc(Cl)c3)ccc2Br)cc1. The predicted octanol–water partition coefficient (Wildman–Crippen LogP) is 7.13. The Morgan fingerprint density at radius 2 is 1.54 bits per heavy atom.